The maximum Gasteiger partial charge on any atom is 0.294 e. The Morgan fingerprint density at radius 3 is 2.62 bits per heavy atom. The highest BCUT2D eigenvalue weighted by Gasteiger charge is 2.12. The van der Waals surface area contributed by atoms with Gasteiger partial charge < -0.3 is 9.47 Å². The smallest absolute Gasteiger partial charge is 0.294 e. The van der Waals surface area contributed by atoms with Crippen LogP contribution < -0.4 is 14.9 Å². The molecule has 2 rings (SSSR count). The first-order chi connectivity index (χ1) is 11.5. The van der Waals surface area contributed by atoms with E-state index in [-0.39, 0.29) is 11.8 Å². The monoisotopic (exact) mass is 329 g/mol. The number of anilines is 1. The van der Waals surface area contributed by atoms with Gasteiger partial charge in [-0.1, -0.05) is 18.2 Å². The van der Waals surface area contributed by atoms with E-state index in [1.807, 2.05) is 26.0 Å². The van der Waals surface area contributed by atoms with Crippen molar-refractivity contribution in [3.05, 3.63) is 58.1 Å². The van der Waals surface area contributed by atoms with Crippen molar-refractivity contribution >= 4 is 17.6 Å². The molecule has 0 spiro atoms. The molecular formula is C17H19N3O4. The summed E-state index contributed by atoms with van der Waals surface area (Å²) in [5.41, 5.74) is 3.67. The molecule has 0 aliphatic rings. The minimum absolute atomic E-state index is 0.0309. The standard InChI is InChI=1S/C17H19N3O4/c1-12(2)24-17-13(7-6-10-16(17)23-3)11-18-19-14-8-4-5-9-15(14)20(21)22/h4-12,19H,1-3H3/b18-11-. The molecule has 0 aliphatic carbocycles. The number of hydrogen-bond acceptors (Lipinski definition) is 6. The molecule has 0 radical (unpaired) electrons. The first-order valence-electron chi connectivity index (χ1n) is 7.39. The Morgan fingerprint density at radius 2 is 1.96 bits per heavy atom. The van der Waals surface area contributed by atoms with Crippen LogP contribution in [0.15, 0.2) is 47.6 Å². The van der Waals surface area contributed by atoms with Gasteiger partial charge in [0.05, 0.1) is 24.4 Å². The highest BCUT2D eigenvalue weighted by Crippen LogP contribution is 2.31. The van der Waals surface area contributed by atoms with Crippen molar-refractivity contribution in [1.82, 2.24) is 0 Å². The van der Waals surface area contributed by atoms with Gasteiger partial charge >= 0.3 is 0 Å². The molecule has 7 nitrogen and oxygen atoms in total. The van der Waals surface area contributed by atoms with E-state index in [1.165, 1.54) is 12.3 Å². The highest BCUT2D eigenvalue weighted by atomic mass is 16.6. The van der Waals surface area contributed by atoms with Crippen LogP contribution in [0.2, 0.25) is 0 Å². The Morgan fingerprint density at radius 1 is 1.21 bits per heavy atom. The van der Waals surface area contributed by atoms with E-state index < -0.39 is 4.92 Å². The molecule has 7 heteroatoms. The van der Waals surface area contributed by atoms with E-state index in [2.05, 4.69) is 10.5 Å². The Bertz CT molecular complexity index is 744. The van der Waals surface area contributed by atoms with Crippen LogP contribution in [0.5, 0.6) is 11.5 Å². The summed E-state index contributed by atoms with van der Waals surface area (Å²) in [6.07, 6.45) is 1.51. The molecule has 0 unspecified atom stereocenters. The van der Waals surface area contributed by atoms with Crippen molar-refractivity contribution in [2.24, 2.45) is 5.10 Å². The Kier molecular flexibility index (Phi) is 5.73. The maximum atomic E-state index is 11.0. The number of methoxy groups -OCH3 is 1. The Hall–Kier alpha value is -3.09. The van der Waals surface area contributed by atoms with Crippen LogP contribution in [-0.4, -0.2) is 24.4 Å². The van der Waals surface area contributed by atoms with E-state index in [4.69, 9.17) is 9.47 Å². The topological polar surface area (TPSA) is 86.0 Å². The molecule has 0 amide bonds. The fraction of sp³-hybridized carbons (Fsp3) is 0.235. The van der Waals surface area contributed by atoms with Gasteiger partial charge in [0.25, 0.3) is 5.69 Å². The lowest BCUT2D eigenvalue weighted by atomic mass is 10.2. The minimum atomic E-state index is -0.462. The van der Waals surface area contributed by atoms with Gasteiger partial charge in [-0.15, -0.1) is 0 Å². The molecule has 0 fully saturated rings. The molecule has 1 N–H and O–H groups in total. The van der Waals surface area contributed by atoms with E-state index in [0.717, 1.165) is 0 Å². The van der Waals surface area contributed by atoms with Crippen molar-refractivity contribution < 1.29 is 14.4 Å². The van der Waals surface area contributed by atoms with Crippen LogP contribution in [0.25, 0.3) is 0 Å². The van der Waals surface area contributed by atoms with Crippen LogP contribution in [0.1, 0.15) is 19.4 Å². The number of ether oxygens (including phenoxy) is 2. The van der Waals surface area contributed by atoms with Crippen molar-refractivity contribution in [3.63, 3.8) is 0 Å². The van der Waals surface area contributed by atoms with E-state index in [0.29, 0.717) is 22.7 Å². The van der Waals surface area contributed by atoms with Gasteiger partial charge in [-0.2, -0.15) is 5.10 Å². The van der Waals surface area contributed by atoms with Crippen molar-refractivity contribution in [2.75, 3.05) is 12.5 Å². The predicted molar refractivity (Wildman–Crippen MR) is 93.1 cm³/mol. The Balaban J connectivity index is 2.25. The number of hydrazone groups is 1. The molecule has 126 valence electrons. The summed E-state index contributed by atoms with van der Waals surface area (Å²) < 4.78 is 11.1. The second-order valence-corrected chi connectivity index (χ2v) is 5.19. The lowest BCUT2D eigenvalue weighted by molar-refractivity contribution is -0.384. The second-order valence-electron chi connectivity index (χ2n) is 5.19. The highest BCUT2D eigenvalue weighted by molar-refractivity contribution is 5.85. The van der Waals surface area contributed by atoms with Crippen LogP contribution in [-0.2, 0) is 0 Å². The zero-order valence-corrected chi connectivity index (χ0v) is 13.7. The van der Waals surface area contributed by atoms with E-state index in [1.54, 1.807) is 31.4 Å². The molecule has 0 saturated carbocycles. The van der Waals surface area contributed by atoms with Gasteiger partial charge in [0.2, 0.25) is 0 Å². The minimum Gasteiger partial charge on any atom is -0.493 e. The van der Waals surface area contributed by atoms with Crippen LogP contribution in [0.4, 0.5) is 11.4 Å². The molecule has 24 heavy (non-hydrogen) atoms. The number of benzene rings is 2. The largest absolute Gasteiger partial charge is 0.493 e. The molecule has 0 atom stereocenters. The van der Waals surface area contributed by atoms with Crippen molar-refractivity contribution in [3.8, 4) is 11.5 Å². The first kappa shape index (κ1) is 17.3. The summed E-state index contributed by atoms with van der Waals surface area (Å²) in [6.45, 7) is 3.83. The quantitative estimate of drug-likeness (QED) is 0.474. The first-order valence-corrected chi connectivity index (χ1v) is 7.39. The van der Waals surface area contributed by atoms with Gasteiger partial charge in [-0.05, 0) is 32.0 Å². The number of rotatable bonds is 7. The van der Waals surface area contributed by atoms with Crippen LogP contribution >= 0.6 is 0 Å². The number of para-hydroxylation sites is 3. The Labute approximate surface area is 140 Å². The van der Waals surface area contributed by atoms with Gasteiger partial charge in [0, 0.05) is 11.6 Å². The van der Waals surface area contributed by atoms with Gasteiger partial charge in [0.15, 0.2) is 11.5 Å². The molecule has 0 bridgehead atoms. The third kappa shape index (κ3) is 4.22. The van der Waals surface area contributed by atoms with Crippen LogP contribution in [0.3, 0.4) is 0 Å². The lowest BCUT2D eigenvalue weighted by Gasteiger charge is -2.15. The third-order valence-corrected chi connectivity index (χ3v) is 3.07. The molecule has 2 aromatic rings. The predicted octanol–water partition coefficient (Wildman–Crippen LogP) is 3.84. The number of hydrogen-bond donors (Lipinski definition) is 1. The number of nitrogens with one attached hydrogen (secondary N) is 1. The number of nitro benzene ring substituents is 1. The van der Waals surface area contributed by atoms with Crippen molar-refractivity contribution in [1.29, 1.82) is 0 Å². The van der Waals surface area contributed by atoms with E-state index in [9.17, 15) is 10.1 Å². The fourth-order valence-corrected chi connectivity index (χ4v) is 2.06. The summed E-state index contributed by atoms with van der Waals surface area (Å²) in [6, 6.07) is 11.7. The average molecular weight is 329 g/mol. The zero-order chi connectivity index (χ0) is 17.5. The molecule has 0 aromatic heterocycles. The summed E-state index contributed by atoms with van der Waals surface area (Å²) in [5, 5.41) is 15.1. The SMILES string of the molecule is COc1cccc(/C=N\Nc2ccccc2[N+](=O)[O-])c1OC(C)C. The third-order valence-electron chi connectivity index (χ3n) is 3.07. The number of nitro groups is 1. The van der Waals surface area contributed by atoms with E-state index >= 15 is 0 Å². The molecule has 0 aliphatic heterocycles. The molecule has 0 heterocycles. The van der Waals surface area contributed by atoms with Gasteiger partial charge in [-0.3, -0.25) is 15.5 Å². The number of nitrogens with zero attached hydrogens (tertiary/aromatic N) is 2. The summed E-state index contributed by atoms with van der Waals surface area (Å²) in [7, 11) is 1.56. The lowest BCUT2D eigenvalue weighted by Crippen LogP contribution is -2.09. The van der Waals surface area contributed by atoms with Crippen molar-refractivity contribution in [2.45, 2.75) is 20.0 Å². The van der Waals surface area contributed by atoms with Gasteiger partial charge in [-0.25, -0.2) is 0 Å². The second kappa shape index (κ2) is 7.96. The molecule has 0 saturated heterocycles. The average Bonchev–Trinajstić information content (AvgIpc) is 2.56. The summed E-state index contributed by atoms with van der Waals surface area (Å²) in [5.74, 6) is 1.17. The fourth-order valence-electron chi connectivity index (χ4n) is 2.06. The summed E-state index contributed by atoms with van der Waals surface area (Å²) >= 11 is 0. The zero-order valence-electron chi connectivity index (χ0n) is 13.7. The maximum absolute atomic E-state index is 11.0. The van der Waals surface area contributed by atoms with Gasteiger partial charge in [0.1, 0.15) is 5.69 Å². The molecular weight excluding hydrogens is 310 g/mol. The van der Waals surface area contributed by atoms with Crippen LogP contribution in [0, 0.1) is 10.1 Å². The molecule has 2 aromatic carbocycles. The summed E-state index contributed by atoms with van der Waals surface area (Å²) in [4.78, 5) is 10.5. The normalized spacial score (nSPS) is 10.8.